The maximum Gasteiger partial charge on any atom is 0.251 e. The van der Waals surface area contributed by atoms with Crippen LogP contribution in [-0.4, -0.2) is 39.3 Å². The minimum atomic E-state index is -0.572. The molecule has 7 nitrogen and oxygen atoms in total. The highest BCUT2D eigenvalue weighted by Gasteiger charge is 2.21. The van der Waals surface area contributed by atoms with Gasteiger partial charge in [0, 0.05) is 39.2 Å². The van der Waals surface area contributed by atoms with Gasteiger partial charge in [-0.2, -0.15) is 4.98 Å². The van der Waals surface area contributed by atoms with Gasteiger partial charge in [-0.1, -0.05) is 21.1 Å². The van der Waals surface area contributed by atoms with Crippen LogP contribution >= 0.6 is 15.9 Å². The van der Waals surface area contributed by atoms with Gasteiger partial charge < -0.3 is 19.9 Å². The van der Waals surface area contributed by atoms with Crippen molar-refractivity contribution in [3.8, 4) is 11.4 Å². The summed E-state index contributed by atoms with van der Waals surface area (Å²) in [5, 5.41) is 17.3. The molecule has 29 heavy (non-hydrogen) atoms. The summed E-state index contributed by atoms with van der Waals surface area (Å²) in [6.07, 6.45) is 1.79. The average Bonchev–Trinajstić information content (AvgIpc) is 3.35. The molecule has 4 aromatic rings. The van der Waals surface area contributed by atoms with Gasteiger partial charge in [-0.15, -0.1) is 0 Å². The number of aliphatic hydroxyl groups is 1. The molecule has 2 heterocycles. The highest BCUT2D eigenvalue weighted by Crippen LogP contribution is 2.29. The summed E-state index contributed by atoms with van der Waals surface area (Å²) in [6.45, 7) is -0.196. The van der Waals surface area contributed by atoms with Crippen molar-refractivity contribution in [2.24, 2.45) is 0 Å². The van der Waals surface area contributed by atoms with Crippen molar-refractivity contribution >= 4 is 32.7 Å². The lowest BCUT2D eigenvalue weighted by Crippen LogP contribution is -2.30. The van der Waals surface area contributed by atoms with Gasteiger partial charge in [0.25, 0.3) is 5.91 Å². The van der Waals surface area contributed by atoms with E-state index in [1.54, 1.807) is 6.20 Å². The molecule has 0 aliphatic heterocycles. The van der Waals surface area contributed by atoms with Crippen molar-refractivity contribution in [1.82, 2.24) is 20.4 Å². The molecule has 0 unspecified atom stereocenters. The van der Waals surface area contributed by atoms with Gasteiger partial charge in [0.05, 0.1) is 12.5 Å². The molecule has 0 spiro atoms. The van der Waals surface area contributed by atoms with E-state index in [-0.39, 0.29) is 24.9 Å². The van der Waals surface area contributed by atoms with Crippen LogP contribution in [0.5, 0.6) is 0 Å². The molecule has 0 saturated carbocycles. The summed E-state index contributed by atoms with van der Waals surface area (Å²) in [5.74, 6) is -0.779. The van der Waals surface area contributed by atoms with Crippen LogP contribution in [-0.2, 0) is 0 Å². The van der Waals surface area contributed by atoms with E-state index in [1.807, 2.05) is 18.2 Å². The first-order chi connectivity index (χ1) is 14.0. The van der Waals surface area contributed by atoms with E-state index < -0.39 is 11.7 Å². The summed E-state index contributed by atoms with van der Waals surface area (Å²) < 4.78 is 19.2. The molecule has 9 heteroatoms. The zero-order valence-corrected chi connectivity index (χ0v) is 16.6. The first-order valence-corrected chi connectivity index (χ1v) is 9.59. The van der Waals surface area contributed by atoms with E-state index in [0.717, 1.165) is 20.9 Å². The predicted octanol–water partition coefficient (Wildman–Crippen LogP) is 3.63. The number of rotatable bonds is 6. The fraction of sp³-hybridized carbons (Fsp3) is 0.150. The molecule has 0 aliphatic rings. The van der Waals surface area contributed by atoms with Gasteiger partial charge in [0.2, 0.25) is 11.7 Å². The third-order valence-electron chi connectivity index (χ3n) is 4.51. The van der Waals surface area contributed by atoms with Crippen LogP contribution in [0.3, 0.4) is 0 Å². The minimum absolute atomic E-state index is 0.0910. The zero-order chi connectivity index (χ0) is 20.4. The fourth-order valence-electron chi connectivity index (χ4n) is 2.94. The number of halogens is 2. The molecule has 0 saturated heterocycles. The number of hydrogen-bond acceptors (Lipinski definition) is 5. The number of carbonyl (C=O) groups is 1. The lowest BCUT2D eigenvalue weighted by atomic mass is 10.1. The van der Waals surface area contributed by atoms with E-state index in [2.05, 4.69) is 36.4 Å². The smallest absolute Gasteiger partial charge is 0.251 e. The van der Waals surface area contributed by atoms with E-state index in [4.69, 9.17) is 4.52 Å². The van der Waals surface area contributed by atoms with Crippen LogP contribution in [0.1, 0.15) is 22.2 Å². The Hall–Kier alpha value is -3.04. The van der Waals surface area contributed by atoms with Gasteiger partial charge in [-0.05, 0) is 42.5 Å². The van der Waals surface area contributed by atoms with Crippen molar-refractivity contribution in [2.45, 2.75) is 5.92 Å². The lowest BCUT2D eigenvalue weighted by molar-refractivity contribution is 0.0945. The predicted molar refractivity (Wildman–Crippen MR) is 108 cm³/mol. The van der Waals surface area contributed by atoms with Crippen molar-refractivity contribution in [2.75, 3.05) is 13.2 Å². The van der Waals surface area contributed by atoms with Crippen LogP contribution in [0.25, 0.3) is 22.3 Å². The molecular formula is C20H16BrFN4O3. The molecule has 0 bridgehead atoms. The van der Waals surface area contributed by atoms with Gasteiger partial charge in [-0.25, -0.2) is 4.39 Å². The van der Waals surface area contributed by atoms with Crippen molar-refractivity contribution in [3.05, 3.63) is 70.4 Å². The maximum absolute atomic E-state index is 13.0. The Bertz CT molecular complexity index is 1160. The molecule has 1 atom stereocenters. The number of benzene rings is 2. The number of H-pyrrole nitrogens is 1. The second-order valence-corrected chi connectivity index (χ2v) is 7.36. The Morgan fingerprint density at radius 3 is 2.83 bits per heavy atom. The summed E-state index contributed by atoms with van der Waals surface area (Å²) in [7, 11) is 0. The molecule has 0 fully saturated rings. The van der Waals surface area contributed by atoms with Gasteiger partial charge >= 0.3 is 0 Å². The minimum Gasteiger partial charge on any atom is -0.395 e. The van der Waals surface area contributed by atoms with E-state index in [0.29, 0.717) is 11.4 Å². The van der Waals surface area contributed by atoms with Crippen molar-refractivity contribution in [1.29, 1.82) is 0 Å². The number of aromatic nitrogens is 3. The quantitative estimate of drug-likeness (QED) is 0.409. The highest BCUT2D eigenvalue weighted by atomic mass is 79.9. The largest absolute Gasteiger partial charge is 0.395 e. The fourth-order valence-corrected chi connectivity index (χ4v) is 3.30. The third kappa shape index (κ3) is 4.06. The molecule has 0 aliphatic carbocycles. The van der Waals surface area contributed by atoms with Crippen LogP contribution in [0.2, 0.25) is 0 Å². The average molecular weight is 459 g/mol. The van der Waals surface area contributed by atoms with E-state index >= 15 is 0 Å². The Labute approximate surface area is 173 Å². The Morgan fingerprint density at radius 2 is 2.07 bits per heavy atom. The first kappa shape index (κ1) is 19.3. The number of aromatic amines is 1. The number of fused-ring (bicyclic) bond motifs is 1. The van der Waals surface area contributed by atoms with Crippen LogP contribution in [0.4, 0.5) is 4.39 Å². The first-order valence-electron chi connectivity index (χ1n) is 8.80. The molecule has 2 aromatic heterocycles. The summed E-state index contributed by atoms with van der Waals surface area (Å²) in [5.41, 5.74) is 2.02. The second-order valence-electron chi connectivity index (χ2n) is 6.44. The normalized spacial score (nSPS) is 12.2. The molecule has 2 aromatic carbocycles. The second kappa shape index (κ2) is 8.14. The third-order valence-corrected chi connectivity index (χ3v) is 5.00. The monoisotopic (exact) mass is 458 g/mol. The maximum atomic E-state index is 13.0. The zero-order valence-electron chi connectivity index (χ0n) is 15.0. The Kier molecular flexibility index (Phi) is 5.41. The van der Waals surface area contributed by atoms with Crippen LogP contribution < -0.4 is 5.32 Å². The molecule has 0 radical (unpaired) electrons. The number of aliphatic hydroxyl groups excluding tert-OH is 1. The molecule has 148 valence electrons. The number of amides is 1. The Balaban J connectivity index is 1.50. The van der Waals surface area contributed by atoms with Gasteiger partial charge in [-0.3, -0.25) is 4.79 Å². The molecule has 3 N–H and O–H groups in total. The topological polar surface area (TPSA) is 104 Å². The summed E-state index contributed by atoms with van der Waals surface area (Å²) in [4.78, 5) is 19.7. The number of nitrogens with one attached hydrogen (secondary N) is 2. The Morgan fingerprint density at radius 1 is 1.28 bits per heavy atom. The number of carbonyl (C=O) groups excluding carboxylic acids is 1. The van der Waals surface area contributed by atoms with Gasteiger partial charge in [0.1, 0.15) is 5.82 Å². The van der Waals surface area contributed by atoms with E-state index in [9.17, 15) is 14.3 Å². The number of hydrogen-bond donors (Lipinski definition) is 3. The SMILES string of the molecule is O=C(NC[C@@H](CO)c1nc(-c2c[nH]c3ccc(Br)cc23)no1)c1ccc(F)cc1. The van der Waals surface area contributed by atoms with Crippen LogP contribution in [0, 0.1) is 5.82 Å². The molecule has 4 rings (SSSR count). The molecule has 1 amide bonds. The highest BCUT2D eigenvalue weighted by molar-refractivity contribution is 9.10. The standard InChI is InChI=1S/C20H16BrFN4O3/c21-13-3-6-17-15(7-13)16(9-23-17)18-25-20(29-26-18)12(10-27)8-24-19(28)11-1-4-14(22)5-2-11/h1-7,9,12,23,27H,8,10H2,(H,24,28)/t12-/m0/s1. The van der Waals surface area contributed by atoms with E-state index in [1.165, 1.54) is 24.3 Å². The number of nitrogens with zero attached hydrogens (tertiary/aromatic N) is 2. The van der Waals surface area contributed by atoms with Crippen molar-refractivity contribution < 1.29 is 18.8 Å². The summed E-state index contributed by atoms with van der Waals surface area (Å²) in [6, 6.07) is 11.0. The van der Waals surface area contributed by atoms with Crippen molar-refractivity contribution in [3.63, 3.8) is 0 Å². The molecular weight excluding hydrogens is 443 g/mol. The van der Waals surface area contributed by atoms with Crippen LogP contribution in [0.15, 0.2) is 57.7 Å². The van der Waals surface area contributed by atoms with Gasteiger partial charge in [0.15, 0.2) is 0 Å². The summed E-state index contributed by atoms with van der Waals surface area (Å²) >= 11 is 3.45. The lowest BCUT2D eigenvalue weighted by Gasteiger charge is -2.11.